The normalized spacial score (nSPS) is 11.9. The first-order valence-electron chi connectivity index (χ1n) is 4.58. The van der Waals surface area contributed by atoms with Gasteiger partial charge in [-0.05, 0) is 28.1 Å². The standard InChI is InChI=1S/C8H9BrN4O3S/c1-13-8(7(9)11-12-13)17(14,15)10-5-6-3-2-4-16-6/h2-4,10H,5H2,1H3. The number of aromatic nitrogens is 3. The molecule has 0 spiro atoms. The average molecular weight is 321 g/mol. The molecule has 1 N–H and O–H groups in total. The average Bonchev–Trinajstić information content (AvgIpc) is 2.86. The molecule has 0 bridgehead atoms. The van der Waals surface area contributed by atoms with E-state index in [4.69, 9.17) is 4.42 Å². The topological polar surface area (TPSA) is 90.0 Å². The Hall–Kier alpha value is -1.19. The molecule has 2 aromatic heterocycles. The van der Waals surface area contributed by atoms with Gasteiger partial charge in [0.1, 0.15) is 5.76 Å². The van der Waals surface area contributed by atoms with Crippen molar-refractivity contribution in [3.63, 3.8) is 0 Å². The van der Waals surface area contributed by atoms with Gasteiger partial charge in [-0.1, -0.05) is 5.21 Å². The van der Waals surface area contributed by atoms with E-state index in [0.717, 1.165) is 0 Å². The van der Waals surface area contributed by atoms with Crippen molar-refractivity contribution < 1.29 is 12.8 Å². The van der Waals surface area contributed by atoms with E-state index in [-0.39, 0.29) is 16.2 Å². The van der Waals surface area contributed by atoms with E-state index < -0.39 is 10.0 Å². The van der Waals surface area contributed by atoms with Crippen molar-refractivity contribution in [2.24, 2.45) is 7.05 Å². The number of nitrogens with zero attached hydrogens (tertiary/aromatic N) is 3. The summed E-state index contributed by atoms with van der Waals surface area (Å²) in [6, 6.07) is 3.37. The summed E-state index contributed by atoms with van der Waals surface area (Å²) >= 11 is 3.03. The van der Waals surface area contributed by atoms with Crippen LogP contribution >= 0.6 is 15.9 Å². The second-order valence-corrected chi connectivity index (χ2v) is 5.65. The Balaban J connectivity index is 2.20. The van der Waals surface area contributed by atoms with Gasteiger partial charge in [0.15, 0.2) is 4.60 Å². The molecule has 2 heterocycles. The lowest BCUT2D eigenvalue weighted by atomic mass is 10.5. The molecule has 2 rings (SSSR count). The van der Waals surface area contributed by atoms with Crippen molar-refractivity contribution in [1.82, 2.24) is 19.7 Å². The van der Waals surface area contributed by atoms with Gasteiger partial charge in [0.05, 0.1) is 12.8 Å². The number of hydrogen-bond donors (Lipinski definition) is 1. The van der Waals surface area contributed by atoms with Crippen LogP contribution in [0, 0.1) is 0 Å². The number of furan rings is 1. The molecule has 0 fully saturated rings. The van der Waals surface area contributed by atoms with Crippen LogP contribution in [0.25, 0.3) is 0 Å². The lowest BCUT2D eigenvalue weighted by Gasteiger charge is -2.04. The van der Waals surface area contributed by atoms with Crippen LogP contribution < -0.4 is 4.72 Å². The Kier molecular flexibility index (Phi) is 3.31. The van der Waals surface area contributed by atoms with Crippen LogP contribution in [0.5, 0.6) is 0 Å². The van der Waals surface area contributed by atoms with Crippen LogP contribution in [0.4, 0.5) is 0 Å². The highest BCUT2D eigenvalue weighted by molar-refractivity contribution is 9.10. The fraction of sp³-hybridized carbons (Fsp3) is 0.250. The quantitative estimate of drug-likeness (QED) is 0.893. The van der Waals surface area contributed by atoms with Gasteiger partial charge in [0.25, 0.3) is 10.0 Å². The van der Waals surface area contributed by atoms with Crippen molar-refractivity contribution in [2.75, 3.05) is 0 Å². The lowest BCUT2D eigenvalue weighted by molar-refractivity contribution is 0.496. The molecule has 0 unspecified atom stereocenters. The van der Waals surface area contributed by atoms with Gasteiger partial charge in [0.2, 0.25) is 5.03 Å². The molecule has 9 heteroatoms. The lowest BCUT2D eigenvalue weighted by Crippen LogP contribution is -2.25. The van der Waals surface area contributed by atoms with Crippen LogP contribution in [0.3, 0.4) is 0 Å². The largest absolute Gasteiger partial charge is 0.468 e. The molecule has 0 saturated carbocycles. The molecule has 0 atom stereocenters. The SMILES string of the molecule is Cn1nnc(Br)c1S(=O)(=O)NCc1ccco1. The minimum absolute atomic E-state index is 0.0240. The number of hydrogen-bond acceptors (Lipinski definition) is 5. The summed E-state index contributed by atoms with van der Waals surface area (Å²) in [6.07, 6.45) is 1.48. The summed E-state index contributed by atoms with van der Waals surface area (Å²) in [4.78, 5) is 0. The molecule has 2 aromatic rings. The van der Waals surface area contributed by atoms with Gasteiger partial charge in [-0.15, -0.1) is 5.10 Å². The van der Waals surface area contributed by atoms with Crippen LogP contribution in [-0.4, -0.2) is 23.4 Å². The summed E-state index contributed by atoms with van der Waals surface area (Å²) in [6.45, 7) is 0.0763. The maximum Gasteiger partial charge on any atom is 0.260 e. The minimum atomic E-state index is -3.67. The third-order valence-electron chi connectivity index (χ3n) is 2.01. The molecule has 92 valence electrons. The Morgan fingerprint density at radius 3 is 2.88 bits per heavy atom. The van der Waals surface area contributed by atoms with Gasteiger partial charge < -0.3 is 4.42 Å². The van der Waals surface area contributed by atoms with Gasteiger partial charge >= 0.3 is 0 Å². The van der Waals surface area contributed by atoms with Gasteiger partial charge in [0, 0.05) is 7.05 Å². The first-order valence-corrected chi connectivity index (χ1v) is 6.85. The van der Waals surface area contributed by atoms with Crippen molar-refractivity contribution in [3.8, 4) is 0 Å². The van der Waals surface area contributed by atoms with Crippen LogP contribution in [0.1, 0.15) is 5.76 Å². The van der Waals surface area contributed by atoms with Crippen LogP contribution in [0.2, 0.25) is 0 Å². The summed E-state index contributed by atoms with van der Waals surface area (Å²) in [7, 11) is -2.17. The smallest absolute Gasteiger partial charge is 0.260 e. The van der Waals surface area contributed by atoms with Gasteiger partial charge in [-0.3, -0.25) is 0 Å². The number of halogens is 1. The molecular weight excluding hydrogens is 312 g/mol. The predicted octanol–water partition coefficient (Wildman–Crippen LogP) is 0.649. The number of nitrogens with one attached hydrogen (secondary N) is 1. The highest BCUT2D eigenvalue weighted by Gasteiger charge is 2.23. The maximum absolute atomic E-state index is 11.9. The molecule has 17 heavy (non-hydrogen) atoms. The number of sulfonamides is 1. The Morgan fingerprint density at radius 2 is 2.35 bits per heavy atom. The van der Waals surface area contributed by atoms with Crippen LogP contribution in [0.15, 0.2) is 32.4 Å². The maximum atomic E-state index is 11.9. The second kappa shape index (κ2) is 4.59. The zero-order valence-corrected chi connectivity index (χ0v) is 11.2. The summed E-state index contributed by atoms with van der Waals surface area (Å²) in [5.41, 5.74) is 0. The summed E-state index contributed by atoms with van der Waals surface area (Å²) < 4.78 is 32.7. The van der Waals surface area contributed by atoms with E-state index in [0.29, 0.717) is 5.76 Å². The number of rotatable bonds is 4. The first kappa shape index (κ1) is 12.3. The van der Waals surface area contributed by atoms with Crippen molar-refractivity contribution in [2.45, 2.75) is 11.6 Å². The molecule has 0 radical (unpaired) electrons. The van der Waals surface area contributed by atoms with E-state index in [9.17, 15) is 8.42 Å². The molecule has 0 amide bonds. The van der Waals surface area contributed by atoms with Gasteiger partial charge in [-0.2, -0.15) is 0 Å². The van der Waals surface area contributed by atoms with Crippen molar-refractivity contribution >= 4 is 26.0 Å². The predicted molar refractivity (Wildman–Crippen MR) is 61.4 cm³/mol. The third-order valence-corrected chi connectivity index (χ3v) is 4.30. The molecular formula is C8H9BrN4O3S. The van der Waals surface area contributed by atoms with Gasteiger partial charge in [-0.25, -0.2) is 17.8 Å². The fourth-order valence-corrected chi connectivity index (χ4v) is 3.34. The molecule has 0 aliphatic heterocycles. The van der Waals surface area contributed by atoms with E-state index in [2.05, 4.69) is 31.0 Å². The molecule has 0 aliphatic carbocycles. The monoisotopic (exact) mass is 320 g/mol. The summed E-state index contributed by atoms with van der Waals surface area (Å²) in [5.74, 6) is 0.528. The third kappa shape index (κ3) is 2.56. The van der Waals surface area contributed by atoms with Crippen LogP contribution in [-0.2, 0) is 23.6 Å². The van der Waals surface area contributed by atoms with Crippen molar-refractivity contribution in [1.29, 1.82) is 0 Å². The van der Waals surface area contributed by atoms with E-state index in [1.54, 1.807) is 12.1 Å². The Labute approximate surface area is 106 Å². The molecule has 7 nitrogen and oxygen atoms in total. The molecule has 0 aromatic carbocycles. The molecule has 0 aliphatic rings. The molecule has 0 saturated heterocycles. The number of aryl methyl sites for hydroxylation is 1. The zero-order valence-electron chi connectivity index (χ0n) is 8.79. The zero-order chi connectivity index (χ0) is 12.5. The Morgan fingerprint density at radius 1 is 1.59 bits per heavy atom. The summed E-state index contributed by atoms with van der Waals surface area (Å²) in [5, 5.41) is 7.20. The highest BCUT2D eigenvalue weighted by Crippen LogP contribution is 2.17. The Bertz CT molecular complexity index is 585. The highest BCUT2D eigenvalue weighted by atomic mass is 79.9. The van der Waals surface area contributed by atoms with E-state index in [1.807, 2.05) is 0 Å². The first-order chi connectivity index (χ1) is 8.00. The second-order valence-electron chi connectivity index (χ2n) is 3.21. The van der Waals surface area contributed by atoms with E-state index in [1.165, 1.54) is 18.0 Å². The van der Waals surface area contributed by atoms with E-state index >= 15 is 0 Å². The van der Waals surface area contributed by atoms with Crippen molar-refractivity contribution in [3.05, 3.63) is 28.8 Å². The fourth-order valence-electron chi connectivity index (χ4n) is 1.26. The minimum Gasteiger partial charge on any atom is -0.468 e.